The van der Waals surface area contributed by atoms with Crippen LogP contribution in [0.4, 0.5) is 5.69 Å². The van der Waals surface area contributed by atoms with E-state index >= 15 is 0 Å². The van der Waals surface area contributed by atoms with Crippen molar-refractivity contribution in [3.8, 4) is 0 Å². The average Bonchev–Trinajstić information content (AvgIpc) is 2.77. The summed E-state index contributed by atoms with van der Waals surface area (Å²) in [6.07, 6.45) is 0. The smallest absolute Gasteiger partial charge is 0.338 e. The highest BCUT2D eigenvalue weighted by Crippen LogP contribution is 2.24. The lowest BCUT2D eigenvalue weighted by atomic mass is 10.0. The number of anilines is 1. The number of aryl methyl sites for hydroxylation is 2. The van der Waals surface area contributed by atoms with Gasteiger partial charge in [0.25, 0.3) is 0 Å². The van der Waals surface area contributed by atoms with Gasteiger partial charge in [0.2, 0.25) is 0 Å². The first kappa shape index (κ1) is 14.1. The van der Waals surface area contributed by atoms with Crippen LogP contribution in [0.25, 0.3) is 0 Å². The van der Waals surface area contributed by atoms with E-state index in [2.05, 4.69) is 15.9 Å². The van der Waals surface area contributed by atoms with Crippen molar-refractivity contribution in [3.63, 3.8) is 0 Å². The number of hydrogen-bond acceptors (Lipinski definition) is 4. The Bertz CT molecular complexity index is 622. The summed E-state index contributed by atoms with van der Waals surface area (Å²) in [5.74, 6) is -0.339. The highest BCUT2D eigenvalue weighted by Gasteiger charge is 2.13. The molecular weight excluding hydrogens is 326 g/mol. The van der Waals surface area contributed by atoms with Gasteiger partial charge in [-0.05, 0) is 59.1 Å². The van der Waals surface area contributed by atoms with Gasteiger partial charge in [0.15, 0.2) is 0 Å². The first-order chi connectivity index (χ1) is 8.97. The molecule has 2 aromatic rings. The SMILES string of the molecule is Cc1cc(C)c(C(=O)OCc2ccc(Br)s2)cc1N. The molecule has 3 nitrogen and oxygen atoms in total. The highest BCUT2D eigenvalue weighted by molar-refractivity contribution is 9.11. The molecule has 0 aliphatic rings. The standard InChI is InChI=1S/C14H14BrNO2S/c1-8-5-9(2)12(16)6-11(8)14(17)18-7-10-3-4-13(15)19-10/h3-6H,7,16H2,1-2H3. The minimum absolute atomic E-state index is 0.280. The number of carbonyl (C=O) groups is 1. The zero-order chi connectivity index (χ0) is 14.0. The molecule has 0 saturated heterocycles. The van der Waals surface area contributed by atoms with Crippen LogP contribution in [0.1, 0.15) is 26.4 Å². The fourth-order valence-electron chi connectivity index (χ4n) is 1.73. The van der Waals surface area contributed by atoms with Crippen LogP contribution in [0.2, 0.25) is 0 Å². The molecule has 2 rings (SSSR count). The Kier molecular flexibility index (Phi) is 4.27. The first-order valence-electron chi connectivity index (χ1n) is 5.75. The molecule has 0 unspecified atom stereocenters. The maximum Gasteiger partial charge on any atom is 0.338 e. The van der Waals surface area contributed by atoms with Crippen LogP contribution in [0.15, 0.2) is 28.1 Å². The Labute approximate surface area is 124 Å². The lowest BCUT2D eigenvalue weighted by Gasteiger charge is -2.09. The third kappa shape index (κ3) is 3.36. The molecule has 100 valence electrons. The van der Waals surface area contributed by atoms with Gasteiger partial charge in [0, 0.05) is 10.6 Å². The van der Waals surface area contributed by atoms with Crippen LogP contribution in [-0.2, 0) is 11.3 Å². The summed E-state index contributed by atoms with van der Waals surface area (Å²) < 4.78 is 6.32. The van der Waals surface area contributed by atoms with Crippen LogP contribution in [0.5, 0.6) is 0 Å². The Morgan fingerprint density at radius 1 is 1.32 bits per heavy atom. The van der Waals surface area contributed by atoms with Gasteiger partial charge in [0.05, 0.1) is 9.35 Å². The number of rotatable bonds is 3. The van der Waals surface area contributed by atoms with E-state index in [1.54, 1.807) is 17.4 Å². The van der Waals surface area contributed by atoms with Crippen molar-refractivity contribution in [2.45, 2.75) is 20.5 Å². The summed E-state index contributed by atoms with van der Waals surface area (Å²) >= 11 is 4.92. The largest absolute Gasteiger partial charge is 0.456 e. The van der Waals surface area contributed by atoms with E-state index in [4.69, 9.17) is 10.5 Å². The molecule has 0 fully saturated rings. The van der Waals surface area contributed by atoms with Crippen molar-refractivity contribution in [1.29, 1.82) is 0 Å². The third-order valence-corrected chi connectivity index (χ3v) is 4.40. The number of esters is 1. The lowest BCUT2D eigenvalue weighted by molar-refractivity contribution is 0.0476. The Morgan fingerprint density at radius 2 is 2.05 bits per heavy atom. The monoisotopic (exact) mass is 339 g/mol. The molecule has 0 bridgehead atoms. The Balaban J connectivity index is 2.10. The Hall–Kier alpha value is -1.33. The van der Waals surface area contributed by atoms with Crippen molar-refractivity contribution in [1.82, 2.24) is 0 Å². The van der Waals surface area contributed by atoms with E-state index in [1.807, 2.05) is 32.0 Å². The van der Waals surface area contributed by atoms with Gasteiger partial charge < -0.3 is 10.5 Å². The van der Waals surface area contributed by atoms with E-state index in [0.29, 0.717) is 11.3 Å². The second kappa shape index (κ2) is 5.75. The first-order valence-corrected chi connectivity index (χ1v) is 7.36. The van der Waals surface area contributed by atoms with Crippen LogP contribution >= 0.6 is 27.3 Å². The van der Waals surface area contributed by atoms with Crippen LogP contribution < -0.4 is 5.73 Å². The van der Waals surface area contributed by atoms with Crippen molar-refractivity contribution in [2.24, 2.45) is 0 Å². The van der Waals surface area contributed by atoms with Gasteiger partial charge in [-0.2, -0.15) is 0 Å². The number of halogens is 1. The van der Waals surface area contributed by atoms with Gasteiger partial charge in [-0.1, -0.05) is 6.07 Å². The molecule has 1 aromatic carbocycles. The van der Waals surface area contributed by atoms with E-state index < -0.39 is 0 Å². The predicted molar refractivity (Wildman–Crippen MR) is 81.5 cm³/mol. The summed E-state index contributed by atoms with van der Waals surface area (Å²) in [6.45, 7) is 4.08. The van der Waals surface area contributed by atoms with Gasteiger partial charge in [0.1, 0.15) is 6.61 Å². The summed E-state index contributed by atoms with van der Waals surface area (Å²) in [7, 11) is 0. The number of nitrogen functional groups attached to an aromatic ring is 1. The number of hydrogen-bond donors (Lipinski definition) is 1. The molecule has 0 amide bonds. The highest BCUT2D eigenvalue weighted by atomic mass is 79.9. The normalized spacial score (nSPS) is 10.5. The van der Waals surface area contributed by atoms with E-state index in [-0.39, 0.29) is 12.6 Å². The zero-order valence-corrected chi connectivity index (χ0v) is 13.1. The van der Waals surface area contributed by atoms with Crippen molar-refractivity contribution < 1.29 is 9.53 Å². The molecule has 5 heteroatoms. The van der Waals surface area contributed by atoms with Gasteiger partial charge in [-0.3, -0.25) is 0 Å². The fourth-order valence-corrected chi connectivity index (χ4v) is 3.13. The molecule has 0 radical (unpaired) electrons. The molecule has 1 heterocycles. The third-order valence-electron chi connectivity index (χ3n) is 2.81. The topological polar surface area (TPSA) is 52.3 Å². The minimum Gasteiger partial charge on any atom is -0.456 e. The molecule has 0 aliphatic heterocycles. The number of benzene rings is 1. The molecule has 0 spiro atoms. The van der Waals surface area contributed by atoms with Crippen molar-refractivity contribution in [2.75, 3.05) is 5.73 Å². The summed E-state index contributed by atoms with van der Waals surface area (Å²) in [6, 6.07) is 7.44. The van der Waals surface area contributed by atoms with E-state index in [0.717, 1.165) is 19.8 Å². The number of carbonyl (C=O) groups excluding carboxylic acids is 1. The van der Waals surface area contributed by atoms with Crippen molar-refractivity contribution >= 4 is 38.9 Å². The maximum atomic E-state index is 12.0. The summed E-state index contributed by atoms with van der Waals surface area (Å²) in [5, 5.41) is 0. The Morgan fingerprint density at radius 3 is 2.68 bits per heavy atom. The molecule has 19 heavy (non-hydrogen) atoms. The summed E-state index contributed by atoms with van der Waals surface area (Å²) in [5.41, 5.74) is 8.81. The van der Waals surface area contributed by atoms with Crippen LogP contribution in [-0.4, -0.2) is 5.97 Å². The maximum absolute atomic E-state index is 12.0. The molecule has 1 aromatic heterocycles. The molecule has 2 N–H and O–H groups in total. The van der Waals surface area contributed by atoms with E-state index in [9.17, 15) is 4.79 Å². The predicted octanol–water partition coefficient (Wildman–Crippen LogP) is 4.07. The fraction of sp³-hybridized carbons (Fsp3) is 0.214. The number of thiophene rings is 1. The van der Waals surface area contributed by atoms with E-state index in [1.165, 1.54) is 0 Å². The van der Waals surface area contributed by atoms with Gasteiger partial charge in [-0.15, -0.1) is 11.3 Å². The van der Waals surface area contributed by atoms with Gasteiger partial charge >= 0.3 is 5.97 Å². The van der Waals surface area contributed by atoms with Crippen LogP contribution in [0.3, 0.4) is 0 Å². The van der Waals surface area contributed by atoms with Gasteiger partial charge in [-0.25, -0.2) is 4.79 Å². The van der Waals surface area contributed by atoms with Crippen molar-refractivity contribution in [3.05, 3.63) is 49.6 Å². The lowest BCUT2D eigenvalue weighted by Crippen LogP contribution is -2.08. The minimum atomic E-state index is -0.339. The summed E-state index contributed by atoms with van der Waals surface area (Å²) in [4.78, 5) is 13.0. The number of nitrogens with two attached hydrogens (primary N) is 1. The molecule has 0 aliphatic carbocycles. The average molecular weight is 340 g/mol. The quantitative estimate of drug-likeness (QED) is 0.677. The number of ether oxygens (including phenoxy) is 1. The molecule has 0 atom stereocenters. The zero-order valence-electron chi connectivity index (χ0n) is 10.7. The molecular formula is C14H14BrNO2S. The second-order valence-corrected chi connectivity index (χ2v) is 6.85. The van der Waals surface area contributed by atoms with Crippen LogP contribution in [0, 0.1) is 13.8 Å². The molecule has 0 saturated carbocycles. The second-order valence-electron chi connectivity index (χ2n) is 4.31.